The molecule has 2 N–H and O–H groups in total. The van der Waals surface area contributed by atoms with E-state index in [1.807, 2.05) is 17.6 Å². The second-order valence-corrected chi connectivity index (χ2v) is 5.55. The smallest absolute Gasteiger partial charge is 0.185 e. The van der Waals surface area contributed by atoms with Gasteiger partial charge in [0.15, 0.2) is 5.13 Å². The van der Waals surface area contributed by atoms with Crippen molar-refractivity contribution in [1.82, 2.24) is 4.98 Å². The molecule has 0 saturated carbocycles. The van der Waals surface area contributed by atoms with E-state index in [-0.39, 0.29) is 0 Å². The molecule has 3 rings (SSSR count). The Labute approximate surface area is 121 Å². The van der Waals surface area contributed by atoms with Crippen molar-refractivity contribution in [3.63, 3.8) is 0 Å². The van der Waals surface area contributed by atoms with Crippen LogP contribution in [0.4, 0.5) is 16.5 Å². The Hall–Kier alpha value is -2.26. The quantitative estimate of drug-likeness (QED) is 0.854. The second-order valence-electron chi connectivity index (χ2n) is 4.67. The highest BCUT2D eigenvalue weighted by molar-refractivity contribution is 7.13. The number of benzene rings is 1. The summed E-state index contributed by atoms with van der Waals surface area (Å²) in [6.45, 7) is 3.62. The van der Waals surface area contributed by atoms with Crippen molar-refractivity contribution < 1.29 is 0 Å². The van der Waals surface area contributed by atoms with E-state index in [1.165, 1.54) is 0 Å². The lowest BCUT2D eigenvalue weighted by atomic mass is 10.1. The number of rotatable bonds is 2. The average Bonchev–Trinajstić information content (AvgIpc) is 3.02. The lowest BCUT2D eigenvalue weighted by molar-refractivity contribution is 0.652. The molecule has 1 aliphatic rings. The summed E-state index contributed by atoms with van der Waals surface area (Å²) in [7, 11) is 0. The zero-order chi connectivity index (χ0) is 13.9. The van der Waals surface area contributed by atoms with Gasteiger partial charge in [-0.1, -0.05) is 0 Å². The number of nitrogens with two attached hydrogens (primary N) is 1. The minimum Gasteiger partial charge on any atom is -0.397 e. The molecule has 0 spiro atoms. The number of nitriles is 1. The summed E-state index contributed by atoms with van der Waals surface area (Å²) in [6.07, 6.45) is 1.83. The lowest BCUT2D eigenvalue weighted by Crippen LogP contribution is -2.46. The standard InChI is InChI=1S/C14H15N5S/c15-10-11-1-2-12(16)13(9-11)18-4-6-19(7-5-18)14-17-3-8-20-14/h1-3,8-9H,4-7,16H2. The summed E-state index contributed by atoms with van der Waals surface area (Å²) in [6, 6.07) is 7.59. The average molecular weight is 285 g/mol. The number of thiazole rings is 1. The fourth-order valence-electron chi connectivity index (χ4n) is 2.40. The maximum atomic E-state index is 8.99. The summed E-state index contributed by atoms with van der Waals surface area (Å²) < 4.78 is 0. The molecule has 0 radical (unpaired) electrons. The number of anilines is 3. The minimum absolute atomic E-state index is 0.650. The maximum absolute atomic E-state index is 8.99. The molecule has 20 heavy (non-hydrogen) atoms. The fourth-order valence-corrected chi connectivity index (χ4v) is 3.09. The number of nitrogens with zero attached hydrogens (tertiary/aromatic N) is 4. The summed E-state index contributed by atoms with van der Waals surface area (Å²) in [5.41, 5.74) is 8.37. The summed E-state index contributed by atoms with van der Waals surface area (Å²) in [4.78, 5) is 8.86. The van der Waals surface area contributed by atoms with Crippen LogP contribution in [0.2, 0.25) is 0 Å². The highest BCUT2D eigenvalue weighted by Crippen LogP contribution is 2.27. The molecule has 102 valence electrons. The van der Waals surface area contributed by atoms with Gasteiger partial charge in [-0.25, -0.2) is 4.98 Å². The molecular formula is C14H15N5S. The van der Waals surface area contributed by atoms with E-state index >= 15 is 0 Å². The van der Waals surface area contributed by atoms with Crippen molar-refractivity contribution in [2.75, 3.05) is 41.7 Å². The van der Waals surface area contributed by atoms with Crippen molar-refractivity contribution >= 4 is 27.8 Å². The Balaban J connectivity index is 1.74. The third-order valence-corrected chi connectivity index (χ3v) is 4.30. The number of piperazine rings is 1. The van der Waals surface area contributed by atoms with E-state index in [4.69, 9.17) is 11.0 Å². The zero-order valence-electron chi connectivity index (χ0n) is 11.0. The number of hydrogen-bond donors (Lipinski definition) is 1. The number of aromatic nitrogens is 1. The van der Waals surface area contributed by atoms with E-state index in [2.05, 4.69) is 20.9 Å². The summed E-state index contributed by atoms with van der Waals surface area (Å²) >= 11 is 1.66. The SMILES string of the molecule is N#Cc1ccc(N)c(N2CCN(c3nccs3)CC2)c1. The molecule has 1 aromatic carbocycles. The zero-order valence-corrected chi connectivity index (χ0v) is 11.8. The molecule has 1 saturated heterocycles. The van der Waals surface area contributed by atoms with Crippen LogP contribution in [0.15, 0.2) is 29.8 Å². The highest BCUT2D eigenvalue weighted by atomic mass is 32.1. The van der Waals surface area contributed by atoms with Gasteiger partial charge in [0.2, 0.25) is 0 Å². The van der Waals surface area contributed by atoms with Crippen LogP contribution in [-0.2, 0) is 0 Å². The molecule has 5 nitrogen and oxygen atoms in total. The van der Waals surface area contributed by atoms with Crippen molar-refractivity contribution in [2.45, 2.75) is 0 Å². The predicted molar refractivity (Wildman–Crippen MR) is 82.1 cm³/mol. The first kappa shape index (κ1) is 12.8. The van der Waals surface area contributed by atoms with Crippen LogP contribution < -0.4 is 15.5 Å². The van der Waals surface area contributed by atoms with E-state index in [0.29, 0.717) is 5.56 Å². The molecule has 0 atom stereocenters. The Morgan fingerprint density at radius 1 is 1.20 bits per heavy atom. The molecule has 0 aliphatic carbocycles. The van der Waals surface area contributed by atoms with Gasteiger partial charge >= 0.3 is 0 Å². The Morgan fingerprint density at radius 2 is 1.95 bits per heavy atom. The molecule has 1 aromatic heterocycles. The van der Waals surface area contributed by atoms with E-state index < -0.39 is 0 Å². The van der Waals surface area contributed by atoms with Crippen molar-refractivity contribution in [2.24, 2.45) is 0 Å². The van der Waals surface area contributed by atoms with Crippen LogP contribution in [0.1, 0.15) is 5.56 Å². The Bertz CT molecular complexity index is 624. The van der Waals surface area contributed by atoms with Gasteiger partial charge in [0.1, 0.15) is 0 Å². The van der Waals surface area contributed by atoms with Crippen LogP contribution in [0.5, 0.6) is 0 Å². The molecule has 0 amide bonds. The van der Waals surface area contributed by atoms with Crippen molar-refractivity contribution in [3.8, 4) is 6.07 Å². The third kappa shape index (κ3) is 2.40. The van der Waals surface area contributed by atoms with Gasteiger partial charge in [-0.05, 0) is 18.2 Å². The van der Waals surface area contributed by atoms with E-state index in [0.717, 1.165) is 42.7 Å². The molecule has 1 fully saturated rings. The number of nitrogen functional groups attached to an aromatic ring is 1. The van der Waals surface area contributed by atoms with Gasteiger partial charge in [-0.15, -0.1) is 11.3 Å². The lowest BCUT2D eigenvalue weighted by Gasteiger charge is -2.36. The van der Waals surface area contributed by atoms with Crippen LogP contribution >= 0.6 is 11.3 Å². The molecule has 2 heterocycles. The van der Waals surface area contributed by atoms with Gasteiger partial charge < -0.3 is 15.5 Å². The monoisotopic (exact) mass is 285 g/mol. The molecule has 2 aromatic rings. The van der Waals surface area contributed by atoms with Gasteiger partial charge in [0, 0.05) is 37.8 Å². The molecule has 6 heteroatoms. The largest absolute Gasteiger partial charge is 0.397 e. The molecule has 0 unspecified atom stereocenters. The van der Waals surface area contributed by atoms with Crippen molar-refractivity contribution in [1.29, 1.82) is 5.26 Å². The minimum atomic E-state index is 0.650. The molecule has 1 aliphatic heterocycles. The van der Waals surface area contributed by atoms with E-state index in [1.54, 1.807) is 23.5 Å². The molecular weight excluding hydrogens is 270 g/mol. The normalized spacial score (nSPS) is 15.2. The third-order valence-electron chi connectivity index (χ3n) is 3.47. The van der Waals surface area contributed by atoms with Crippen LogP contribution in [0, 0.1) is 11.3 Å². The first-order valence-corrected chi connectivity index (χ1v) is 7.35. The van der Waals surface area contributed by atoms with Crippen LogP contribution in [-0.4, -0.2) is 31.2 Å². The van der Waals surface area contributed by atoms with Gasteiger partial charge in [0.05, 0.1) is 23.0 Å². The first-order valence-electron chi connectivity index (χ1n) is 6.47. The molecule has 0 bridgehead atoms. The van der Waals surface area contributed by atoms with Gasteiger partial charge in [0.25, 0.3) is 0 Å². The second kappa shape index (κ2) is 5.39. The van der Waals surface area contributed by atoms with Crippen LogP contribution in [0.3, 0.4) is 0 Å². The van der Waals surface area contributed by atoms with Crippen LogP contribution in [0.25, 0.3) is 0 Å². The van der Waals surface area contributed by atoms with Crippen molar-refractivity contribution in [3.05, 3.63) is 35.3 Å². The van der Waals surface area contributed by atoms with Gasteiger partial charge in [-0.2, -0.15) is 5.26 Å². The first-order chi connectivity index (χ1) is 9.78. The highest BCUT2D eigenvalue weighted by Gasteiger charge is 2.20. The number of hydrogen-bond acceptors (Lipinski definition) is 6. The summed E-state index contributed by atoms with van der Waals surface area (Å²) in [5.74, 6) is 0. The maximum Gasteiger partial charge on any atom is 0.185 e. The van der Waals surface area contributed by atoms with E-state index in [9.17, 15) is 0 Å². The predicted octanol–water partition coefficient (Wildman–Crippen LogP) is 1.92. The topological polar surface area (TPSA) is 69.2 Å². The Morgan fingerprint density at radius 3 is 2.60 bits per heavy atom. The Kier molecular flexibility index (Phi) is 3.44. The summed E-state index contributed by atoms with van der Waals surface area (Å²) in [5, 5.41) is 12.1. The van der Waals surface area contributed by atoms with Gasteiger partial charge in [-0.3, -0.25) is 0 Å². The fraction of sp³-hybridized carbons (Fsp3) is 0.286.